The Morgan fingerprint density at radius 3 is 3.03 bits per heavy atom. The van der Waals surface area contributed by atoms with Gasteiger partial charge in [0.15, 0.2) is 0 Å². The Labute approximate surface area is 177 Å². The number of hydrogen-bond acceptors (Lipinski definition) is 5. The Hall–Kier alpha value is -3.13. The number of rotatable bonds is 2. The molecule has 1 N–H and O–H groups in total. The second-order valence-corrected chi connectivity index (χ2v) is 8.37. The summed E-state index contributed by atoms with van der Waals surface area (Å²) in [5.41, 5.74) is 1.99. The second-order valence-electron chi connectivity index (χ2n) is 7.93. The Bertz CT molecular complexity index is 1260. The molecule has 8 nitrogen and oxygen atoms in total. The minimum Gasteiger partial charge on any atom is -0.351 e. The van der Waals surface area contributed by atoms with Crippen molar-refractivity contribution in [3.8, 4) is 0 Å². The predicted molar refractivity (Wildman–Crippen MR) is 114 cm³/mol. The van der Waals surface area contributed by atoms with Crippen LogP contribution in [0.15, 0.2) is 43.1 Å². The number of carbonyl (C=O) groups excluding carboxylic acids is 1. The number of nitrogens with zero attached hydrogens (tertiary/aromatic N) is 6. The first kappa shape index (κ1) is 17.7. The molecule has 0 aromatic carbocycles. The topological polar surface area (TPSA) is 82.4 Å². The summed E-state index contributed by atoms with van der Waals surface area (Å²) in [7, 11) is 0. The number of likely N-dealkylation sites (tertiary alicyclic amines) is 1. The third-order valence-corrected chi connectivity index (χ3v) is 6.55. The molecule has 0 radical (unpaired) electrons. The number of pyridine rings is 1. The molecule has 30 heavy (non-hydrogen) atoms. The van der Waals surface area contributed by atoms with E-state index in [-0.39, 0.29) is 18.0 Å². The molecule has 4 aromatic rings. The molecular weight excluding hydrogens is 402 g/mol. The van der Waals surface area contributed by atoms with Gasteiger partial charge in [0.1, 0.15) is 29.1 Å². The Morgan fingerprint density at radius 2 is 2.10 bits per heavy atom. The number of amides is 1. The molecule has 0 aliphatic carbocycles. The van der Waals surface area contributed by atoms with Gasteiger partial charge in [-0.2, -0.15) is 0 Å². The summed E-state index contributed by atoms with van der Waals surface area (Å²) in [6.45, 7) is 1.63. The van der Waals surface area contributed by atoms with Crippen LogP contribution in [0.4, 0.5) is 5.82 Å². The Morgan fingerprint density at radius 1 is 1.17 bits per heavy atom. The number of aromatic amines is 1. The summed E-state index contributed by atoms with van der Waals surface area (Å²) >= 11 is 6.07. The number of piperidine rings is 1. The van der Waals surface area contributed by atoms with Crippen LogP contribution >= 0.6 is 11.6 Å². The SMILES string of the molecule is O=C(c1cn2ccc(Cl)cc2n1)N1CCC[C@@H]2[C@H]1CCN2c1ncnc2[nH]ccc12. The van der Waals surface area contributed by atoms with Crippen LogP contribution in [-0.4, -0.2) is 60.3 Å². The lowest BCUT2D eigenvalue weighted by molar-refractivity contribution is 0.0603. The van der Waals surface area contributed by atoms with Gasteiger partial charge in [0, 0.05) is 42.8 Å². The normalized spacial score (nSPS) is 21.5. The monoisotopic (exact) mass is 421 g/mol. The van der Waals surface area contributed by atoms with Gasteiger partial charge in [-0.05, 0) is 31.4 Å². The number of carbonyl (C=O) groups is 1. The molecule has 1 amide bonds. The molecule has 2 atom stereocenters. The van der Waals surface area contributed by atoms with Gasteiger partial charge in [0.2, 0.25) is 0 Å². The minimum absolute atomic E-state index is 0.0131. The highest BCUT2D eigenvalue weighted by molar-refractivity contribution is 6.30. The molecule has 0 saturated carbocycles. The molecule has 2 aliphatic rings. The highest BCUT2D eigenvalue weighted by Gasteiger charge is 2.43. The first-order valence-corrected chi connectivity index (χ1v) is 10.6. The highest BCUT2D eigenvalue weighted by Crippen LogP contribution is 2.36. The van der Waals surface area contributed by atoms with E-state index in [1.54, 1.807) is 24.7 Å². The lowest BCUT2D eigenvalue weighted by Gasteiger charge is -2.40. The van der Waals surface area contributed by atoms with E-state index in [0.717, 1.165) is 49.2 Å². The number of nitrogens with one attached hydrogen (secondary N) is 1. The number of halogens is 1. The number of H-pyrrole nitrogens is 1. The molecular formula is C21H20ClN7O. The van der Waals surface area contributed by atoms with Crippen LogP contribution in [0.3, 0.4) is 0 Å². The summed E-state index contributed by atoms with van der Waals surface area (Å²) in [6.07, 6.45) is 10.0. The van der Waals surface area contributed by atoms with E-state index in [0.29, 0.717) is 16.4 Å². The first-order valence-electron chi connectivity index (χ1n) is 10.2. The average Bonchev–Trinajstić information content (AvgIpc) is 3.49. The molecule has 9 heteroatoms. The fraction of sp³-hybridized carbons (Fsp3) is 0.333. The number of anilines is 1. The molecule has 152 valence electrons. The smallest absolute Gasteiger partial charge is 0.274 e. The summed E-state index contributed by atoms with van der Waals surface area (Å²) in [5, 5.41) is 1.64. The van der Waals surface area contributed by atoms with Gasteiger partial charge in [-0.15, -0.1) is 0 Å². The standard InChI is InChI=1S/C21H20ClN7O/c22-13-4-8-27-11-15(26-18(27)10-13)21(30)29-7-1-2-16-17(29)5-9-28(16)20-14-3-6-23-19(14)24-12-25-20/h3-4,6,8,10-12,16-17H,1-2,5,7,9H2,(H,23,24,25)/t16-,17-/m1/s1. The largest absolute Gasteiger partial charge is 0.351 e. The Kier molecular flexibility index (Phi) is 3.95. The maximum absolute atomic E-state index is 13.4. The molecule has 2 fully saturated rings. The minimum atomic E-state index is -0.0131. The summed E-state index contributed by atoms with van der Waals surface area (Å²) in [5.74, 6) is 0.936. The van der Waals surface area contributed by atoms with Crippen LogP contribution in [0.25, 0.3) is 16.7 Å². The lowest BCUT2D eigenvalue weighted by atomic mass is 9.96. The number of fused-ring (bicyclic) bond motifs is 3. The van der Waals surface area contributed by atoms with Crippen molar-refractivity contribution in [2.75, 3.05) is 18.0 Å². The van der Waals surface area contributed by atoms with E-state index < -0.39 is 0 Å². The zero-order valence-corrected chi connectivity index (χ0v) is 17.0. The van der Waals surface area contributed by atoms with Crippen molar-refractivity contribution in [3.63, 3.8) is 0 Å². The maximum Gasteiger partial charge on any atom is 0.274 e. The van der Waals surface area contributed by atoms with Crippen molar-refractivity contribution in [2.24, 2.45) is 0 Å². The van der Waals surface area contributed by atoms with Crippen LogP contribution < -0.4 is 4.90 Å². The van der Waals surface area contributed by atoms with Gasteiger partial charge < -0.3 is 19.2 Å². The Balaban J connectivity index is 1.31. The molecule has 0 bridgehead atoms. The zero-order chi connectivity index (χ0) is 20.2. The zero-order valence-electron chi connectivity index (χ0n) is 16.2. The van der Waals surface area contributed by atoms with Gasteiger partial charge in [0.05, 0.1) is 17.5 Å². The van der Waals surface area contributed by atoms with Gasteiger partial charge in [-0.1, -0.05) is 11.6 Å². The van der Waals surface area contributed by atoms with Gasteiger partial charge in [-0.25, -0.2) is 15.0 Å². The van der Waals surface area contributed by atoms with Crippen LogP contribution in [0.2, 0.25) is 5.02 Å². The molecule has 4 aromatic heterocycles. The van der Waals surface area contributed by atoms with Crippen molar-refractivity contribution in [3.05, 3.63) is 53.8 Å². The predicted octanol–water partition coefficient (Wildman–Crippen LogP) is 3.14. The van der Waals surface area contributed by atoms with Gasteiger partial charge >= 0.3 is 0 Å². The van der Waals surface area contributed by atoms with E-state index in [4.69, 9.17) is 11.6 Å². The summed E-state index contributed by atoms with van der Waals surface area (Å²) in [6, 6.07) is 5.99. The van der Waals surface area contributed by atoms with E-state index in [1.807, 2.05) is 27.8 Å². The molecule has 0 unspecified atom stereocenters. The maximum atomic E-state index is 13.4. The van der Waals surface area contributed by atoms with Crippen molar-refractivity contribution >= 4 is 40.0 Å². The average molecular weight is 422 g/mol. The quantitative estimate of drug-likeness (QED) is 0.537. The second kappa shape index (κ2) is 6.70. The van der Waals surface area contributed by atoms with E-state index in [9.17, 15) is 4.79 Å². The first-order chi connectivity index (χ1) is 14.7. The van der Waals surface area contributed by atoms with Crippen molar-refractivity contribution in [1.29, 1.82) is 0 Å². The highest BCUT2D eigenvalue weighted by atomic mass is 35.5. The molecule has 6 heterocycles. The molecule has 2 aliphatic heterocycles. The van der Waals surface area contributed by atoms with Crippen molar-refractivity contribution in [1.82, 2.24) is 29.2 Å². The van der Waals surface area contributed by atoms with Crippen LogP contribution in [0.5, 0.6) is 0 Å². The molecule has 6 rings (SSSR count). The van der Waals surface area contributed by atoms with E-state index >= 15 is 0 Å². The fourth-order valence-corrected chi connectivity index (χ4v) is 5.15. The number of aromatic nitrogens is 5. The van der Waals surface area contributed by atoms with Crippen molar-refractivity contribution in [2.45, 2.75) is 31.3 Å². The summed E-state index contributed by atoms with van der Waals surface area (Å²) in [4.78, 5) is 34.3. The lowest BCUT2D eigenvalue weighted by Crippen LogP contribution is -2.52. The van der Waals surface area contributed by atoms with Gasteiger partial charge in [-0.3, -0.25) is 4.79 Å². The number of hydrogen-bond donors (Lipinski definition) is 1. The van der Waals surface area contributed by atoms with Crippen LogP contribution in [0.1, 0.15) is 29.8 Å². The van der Waals surface area contributed by atoms with Gasteiger partial charge in [0.25, 0.3) is 5.91 Å². The molecule has 2 saturated heterocycles. The third kappa shape index (κ3) is 2.67. The summed E-state index contributed by atoms with van der Waals surface area (Å²) < 4.78 is 1.84. The van der Waals surface area contributed by atoms with Crippen molar-refractivity contribution < 1.29 is 4.79 Å². The number of imidazole rings is 1. The van der Waals surface area contributed by atoms with Crippen LogP contribution in [0, 0.1) is 0 Å². The third-order valence-electron chi connectivity index (χ3n) is 6.32. The van der Waals surface area contributed by atoms with Crippen LogP contribution in [-0.2, 0) is 0 Å². The van der Waals surface area contributed by atoms with E-state index in [1.165, 1.54) is 0 Å². The van der Waals surface area contributed by atoms with E-state index in [2.05, 4.69) is 24.8 Å². The molecule has 0 spiro atoms. The fourth-order valence-electron chi connectivity index (χ4n) is 5.00.